The zero-order valence-corrected chi connectivity index (χ0v) is 44.8. The van der Waals surface area contributed by atoms with Crippen LogP contribution in [0.1, 0.15) is 175 Å². The van der Waals surface area contributed by atoms with Crippen LogP contribution in [-0.2, 0) is 54.2 Å². The van der Waals surface area contributed by atoms with Crippen molar-refractivity contribution in [3.8, 4) is 11.1 Å². The van der Waals surface area contributed by atoms with Gasteiger partial charge in [-0.15, -0.1) is 11.1 Å². The number of rotatable bonds is 4. The first-order chi connectivity index (χ1) is 25.5. The maximum absolute atomic E-state index is 3.96. The van der Waals surface area contributed by atoms with Crippen LogP contribution in [-0.4, -0.2) is 8.07 Å². The third-order valence-corrected chi connectivity index (χ3v) is 17.6. The second-order valence-electron chi connectivity index (χ2n) is 23.2. The zero-order valence-electron chi connectivity index (χ0n) is 39.9. The van der Waals surface area contributed by atoms with Crippen LogP contribution in [0.15, 0.2) is 97.1 Å². The molecule has 0 aliphatic heterocycles. The van der Waals surface area contributed by atoms with Gasteiger partial charge in [0.2, 0.25) is 0 Å². The molecule has 320 valence electrons. The van der Waals surface area contributed by atoms with Gasteiger partial charge in [-0.05, 0) is 92.5 Å². The molecule has 0 fully saturated rings. The summed E-state index contributed by atoms with van der Waals surface area (Å²) in [6.07, 6.45) is 0. The Labute approximate surface area is 401 Å². The minimum absolute atomic E-state index is 0. The number of hydrogen-bond acceptors (Lipinski definition) is 0. The maximum Gasteiger partial charge on any atom is 4.00 e. The molecule has 0 nitrogen and oxygen atoms in total. The molecule has 5 aromatic carbocycles. The van der Waals surface area contributed by atoms with E-state index in [1.165, 1.54) is 71.2 Å². The minimum atomic E-state index is -3.19. The smallest absolute Gasteiger partial charge is 1.00 e. The van der Waals surface area contributed by atoms with Gasteiger partial charge in [0, 0.05) is 0 Å². The van der Waals surface area contributed by atoms with Gasteiger partial charge >= 0.3 is 21.7 Å². The molecular weight excluding hydrogens is 843 g/mol. The monoisotopic (exact) mass is 912 g/mol. The Morgan fingerprint density at radius 1 is 0.383 bits per heavy atom. The minimum Gasteiger partial charge on any atom is -1.00 e. The first-order valence-corrected chi connectivity index (χ1v) is 23.2. The molecule has 1 aliphatic rings. The molecule has 1 aliphatic carbocycles. The zero-order chi connectivity index (χ0) is 41.6. The molecule has 0 N–H and O–H groups in total. The summed E-state index contributed by atoms with van der Waals surface area (Å²) in [4.78, 5) is 0. The van der Waals surface area contributed by atoms with E-state index in [1.54, 1.807) is 0 Å². The summed E-state index contributed by atoms with van der Waals surface area (Å²) in [7, 11) is -3.19. The largest absolute Gasteiger partial charge is 4.00 e. The molecule has 0 saturated carbocycles. The van der Waals surface area contributed by atoms with Gasteiger partial charge in [-0.25, -0.2) is 0 Å². The quantitative estimate of drug-likeness (QED) is 0.145. The Balaban J connectivity index is 0.00000310. The summed E-state index contributed by atoms with van der Waals surface area (Å²) < 4.78 is 0. The van der Waals surface area contributed by atoms with Crippen molar-refractivity contribution >= 4 is 23.6 Å². The Kier molecular flexibility index (Phi) is 16.4. The maximum atomic E-state index is 3.96. The van der Waals surface area contributed by atoms with Crippen molar-refractivity contribution in [1.29, 1.82) is 0 Å². The Hall–Kier alpha value is -2.10. The summed E-state index contributed by atoms with van der Waals surface area (Å²) in [5.74, 6) is 0. The van der Waals surface area contributed by atoms with E-state index in [9.17, 15) is 0 Å². The van der Waals surface area contributed by atoms with Gasteiger partial charge in [0.25, 0.3) is 0 Å². The molecule has 0 saturated heterocycles. The van der Waals surface area contributed by atoms with Crippen molar-refractivity contribution in [2.45, 2.75) is 163 Å². The van der Waals surface area contributed by atoms with Gasteiger partial charge in [0.05, 0.1) is 0 Å². The fraction of sp³-hybridized carbons (Fsp3) is 0.455. The van der Waals surface area contributed by atoms with E-state index < -0.39 is 8.07 Å². The number of benzene rings is 5. The first kappa shape index (κ1) is 54.0. The molecule has 0 amide bonds. The molecule has 0 heterocycles. The summed E-state index contributed by atoms with van der Waals surface area (Å²) >= 11 is 0. The summed E-state index contributed by atoms with van der Waals surface area (Å²) in [5, 5.41) is 4.49. The second-order valence-corrected chi connectivity index (χ2v) is 27.1. The van der Waals surface area contributed by atoms with Crippen LogP contribution < -0.4 is 52.8 Å². The Morgan fingerprint density at radius 3 is 0.967 bits per heavy atom. The van der Waals surface area contributed by atoms with Crippen molar-refractivity contribution in [3.05, 3.63) is 148 Å². The number of hydrogen-bond donors (Lipinski definition) is 0. The van der Waals surface area contributed by atoms with E-state index in [1.807, 2.05) is 0 Å². The molecule has 0 radical (unpaired) electrons. The fourth-order valence-corrected chi connectivity index (χ4v) is 14.4. The van der Waals surface area contributed by atoms with Crippen LogP contribution in [0.25, 0.3) is 11.1 Å². The van der Waals surface area contributed by atoms with Gasteiger partial charge in [0.1, 0.15) is 0 Å². The molecule has 5 aromatic rings. The van der Waals surface area contributed by atoms with E-state index in [0.29, 0.717) is 0 Å². The predicted octanol–water partition coefficient (Wildman–Crippen LogP) is 4.10. The average molecular weight is 914 g/mol. The SMILES string of the molecule is CC(C)(C)c1cc(C(C)(C)C)cc([Si](c2cc(C(C)(C)C)cc(C(C)(C)C)c2)(c2cc(C(C)(C)C)cc(C(C)(C)C)c2)C2c3[c-]cccc3-c3ccccc32)c1.[Cl-].[Cl-].[Cl-].[Ti+4]. The third kappa shape index (κ3) is 10.3. The normalized spacial score (nSPS) is 14.5. The molecule has 5 heteroatoms. The molecule has 0 bridgehead atoms. The van der Waals surface area contributed by atoms with E-state index in [0.717, 1.165) is 0 Å². The average Bonchev–Trinajstić information content (AvgIpc) is 3.41. The fourth-order valence-electron chi connectivity index (χ4n) is 8.69. The first-order valence-electron chi connectivity index (χ1n) is 21.1. The molecule has 1 atom stereocenters. The van der Waals surface area contributed by atoms with Crippen LogP contribution >= 0.6 is 0 Å². The van der Waals surface area contributed by atoms with Crippen molar-refractivity contribution in [2.75, 3.05) is 0 Å². The van der Waals surface area contributed by atoms with Crippen molar-refractivity contribution in [3.63, 3.8) is 0 Å². The standard InChI is InChI=1S/C55H71Si.3ClH.Ti/c1-50(2,3)36-27-37(51(4,5)6)31-42(30-36)56(43-32-38(52(7,8)9)28-39(33-43)53(10,11)12,44-34-40(54(13,14)15)29-41(35-44)55(16,17)18)49-47-25-21-19-23-45(47)46-24-20-22-26-48(46)49;;;;/h19-25,27-35,49H,1-18H3;3*1H;/q-1;;;;+4/p-3. The molecule has 60 heavy (non-hydrogen) atoms. The van der Waals surface area contributed by atoms with E-state index in [-0.39, 0.29) is 97.0 Å². The van der Waals surface area contributed by atoms with Crippen LogP contribution in [0.2, 0.25) is 0 Å². The second kappa shape index (κ2) is 18.2. The molecular formula is C55H71Cl3SiTi. The summed E-state index contributed by atoms with van der Waals surface area (Å²) in [5.41, 5.74) is 13.8. The van der Waals surface area contributed by atoms with E-state index in [4.69, 9.17) is 0 Å². The number of fused-ring (bicyclic) bond motifs is 3. The van der Waals surface area contributed by atoms with Crippen molar-refractivity contribution in [2.24, 2.45) is 0 Å². The van der Waals surface area contributed by atoms with Gasteiger partial charge in [-0.3, -0.25) is 0 Å². The predicted molar refractivity (Wildman–Crippen MR) is 249 cm³/mol. The van der Waals surface area contributed by atoms with Crippen LogP contribution in [0.5, 0.6) is 0 Å². The van der Waals surface area contributed by atoms with Gasteiger partial charge in [-0.2, -0.15) is 24.3 Å². The van der Waals surface area contributed by atoms with Crippen molar-refractivity contribution < 1.29 is 58.9 Å². The Bertz CT molecular complexity index is 1950. The topological polar surface area (TPSA) is 0 Å². The molecule has 0 spiro atoms. The molecule has 0 aromatic heterocycles. The molecule has 1 unspecified atom stereocenters. The van der Waals surface area contributed by atoms with E-state index >= 15 is 0 Å². The third-order valence-electron chi connectivity index (χ3n) is 12.5. The van der Waals surface area contributed by atoms with Crippen LogP contribution in [0.3, 0.4) is 0 Å². The van der Waals surface area contributed by atoms with Gasteiger partial charge in [0.15, 0.2) is 8.07 Å². The summed E-state index contributed by atoms with van der Waals surface area (Å²) in [6, 6.07) is 43.5. The number of halogens is 3. The van der Waals surface area contributed by atoms with Gasteiger partial charge in [-0.1, -0.05) is 209 Å². The van der Waals surface area contributed by atoms with Crippen LogP contribution in [0.4, 0.5) is 0 Å². The Morgan fingerprint density at radius 2 is 0.667 bits per heavy atom. The summed E-state index contributed by atoms with van der Waals surface area (Å²) in [6.45, 7) is 43.1. The van der Waals surface area contributed by atoms with Crippen LogP contribution in [0, 0.1) is 6.07 Å². The van der Waals surface area contributed by atoms with Crippen molar-refractivity contribution in [1.82, 2.24) is 0 Å². The molecule has 6 rings (SSSR count). The van der Waals surface area contributed by atoms with Gasteiger partial charge < -0.3 is 37.2 Å². The van der Waals surface area contributed by atoms with E-state index in [2.05, 4.69) is 228 Å².